The number of nitrogens with zero attached hydrogens (tertiary/aromatic N) is 3. The fourth-order valence-corrected chi connectivity index (χ4v) is 3.55. The van der Waals surface area contributed by atoms with Crippen molar-refractivity contribution < 1.29 is 9.47 Å². The van der Waals surface area contributed by atoms with Gasteiger partial charge in [0.2, 0.25) is 0 Å². The highest BCUT2D eigenvalue weighted by Crippen LogP contribution is 2.32. The zero-order valence-corrected chi connectivity index (χ0v) is 15.4. The van der Waals surface area contributed by atoms with Crippen LogP contribution in [0.2, 0.25) is 0 Å². The minimum atomic E-state index is 0.845. The maximum absolute atomic E-state index is 5.63. The third-order valence-electron chi connectivity index (χ3n) is 4.43. The summed E-state index contributed by atoms with van der Waals surface area (Å²) in [6.45, 7) is 4.74. The topological polar surface area (TPSA) is 47.5 Å². The van der Waals surface area contributed by atoms with Gasteiger partial charge >= 0.3 is 0 Å². The van der Waals surface area contributed by atoms with Crippen molar-refractivity contribution in [2.75, 3.05) is 27.0 Å². The number of aromatic nitrogens is 2. The van der Waals surface area contributed by atoms with E-state index in [0.717, 1.165) is 48.3 Å². The van der Waals surface area contributed by atoms with Crippen LogP contribution in [0.1, 0.15) is 22.4 Å². The van der Waals surface area contributed by atoms with E-state index in [4.69, 9.17) is 9.47 Å². The highest BCUT2D eigenvalue weighted by molar-refractivity contribution is 7.98. The normalized spacial score (nSPS) is 14.3. The molecule has 0 radical (unpaired) electrons. The van der Waals surface area contributed by atoms with Crippen molar-refractivity contribution >= 4 is 11.8 Å². The van der Waals surface area contributed by atoms with Gasteiger partial charge in [0.15, 0.2) is 5.16 Å². The van der Waals surface area contributed by atoms with E-state index < -0.39 is 0 Å². The molecule has 1 aromatic carbocycles. The molecule has 0 fully saturated rings. The molecule has 0 saturated carbocycles. The summed E-state index contributed by atoms with van der Waals surface area (Å²) in [5, 5.41) is 0.856. The van der Waals surface area contributed by atoms with E-state index in [9.17, 15) is 0 Å². The lowest BCUT2D eigenvalue weighted by Crippen LogP contribution is -2.31. The summed E-state index contributed by atoms with van der Waals surface area (Å²) in [6, 6.07) is 4.10. The fourth-order valence-electron chi connectivity index (χ4n) is 3.19. The average Bonchev–Trinajstić information content (AvgIpc) is 2.61. The number of ether oxygens (including phenoxy) is 2. The summed E-state index contributed by atoms with van der Waals surface area (Å²) in [5.41, 5.74) is 4.63. The Morgan fingerprint density at radius 1 is 1.25 bits per heavy atom. The van der Waals surface area contributed by atoms with Crippen LogP contribution in [-0.4, -0.2) is 41.9 Å². The Morgan fingerprint density at radius 2 is 2.08 bits per heavy atom. The first-order chi connectivity index (χ1) is 11.7. The number of methoxy groups -OCH3 is 2. The van der Waals surface area contributed by atoms with Gasteiger partial charge in [-0.3, -0.25) is 4.90 Å². The highest BCUT2D eigenvalue weighted by atomic mass is 32.2. The second-order valence-electron chi connectivity index (χ2n) is 5.87. The number of benzene rings is 1. The van der Waals surface area contributed by atoms with Crippen molar-refractivity contribution in [3.05, 3.63) is 40.7 Å². The third-order valence-corrected chi connectivity index (χ3v) is 4.99. The fraction of sp³-hybridized carbons (Fsp3) is 0.444. The zero-order valence-electron chi connectivity index (χ0n) is 14.6. The van der Waals surface area contributed by atoms with Crippen LogP contribution in [0.4, 0.5) is 0 Å². The molecule has 2 heterocycles. The Labute approximate surface area is 147 Å². The first-order valence-corrected chi connectivity index (χ1v) is 9.20. The molecule has 3 rings (SSSR count). The van der Waals surface area contributed by atoms with Crippen molar-refractivity contribution in [3.63, 3.8) is 0 Å². The molecule has 0 unspecified atom stereocenters. The lowest BCUT2D eigenvalue weighted by Gasteiger charge is -2.28. The molecule has 0 atom stereocenters. The van der Waals surface area contributed by atoms with Crippen molar-refractivity contribution in [2.24, 2.45) is 0 Å². The first kappa shape index (κ1) is 17.0. The Morgan fingerprint density at radius 3 is 2.79 bits per heavy atom. The Balaban J connectivity index is 1.79. The molecular formula is C18H23N3O2S. The largest absolute Gasteiger partial charge is 0.496 e. The van der Waals surface area contributed by atoms with E-state index >= 15 is 0 Å². The Bertz CT molecular complexity index is 736. The summed E-state index contributed by atoms with van der Waals surface area (Å²) < 4.78 is 11.0. The van der Waals surface area contributed by atoms with E-state index in [1.54, 1.807) is 26.0 Å². The molecule has 0 bridgehead atoms. The van der Waals surface area contributed by atoms with Gasteiger partial charge in [-0.15, -0.1) is 0 Å². The van der Waals surface area contributed by atoms with E-state index in [2.05, 4.69) is 20.9 Å². The predicted octanol–water partition coefficient (Wildman–Crippen LogP) is 3.08. The molecule has 0 saturated heterocycles. The molecule has 0 N–H and O–H groups in total. The van der Waals surface area contributed by atoms with Gasteiger partial charge in [0.1, 0.15) is 11.5 Å². The minimum absolute atomic E-state index is 0.845. The number of hydrogen-bond acceptors (Lipinski definition) is 6. The molecule has 128 valence electrons. The predicted molar refractivity (Wildman–Crippen MR) is 95.9 cm³/mol. The van der Waals surface area contributed by atoms with Gasteiger partial charge in [-0.2, -0.15) is 0 Å². The van der Waals surface area contributed by atoms with Crippen LogP contribution < -0.4 is 9.47 Å². The molecule has 24 heavy (non-hydrogen) atoms. The molecule has 0 aliphatic carbocycles. The lowest BCUT2D eigenvalue weighted by molar-refractivity contribution is 0.238. The molecule has 5 nitrogen and oxygen atoms in total. The van der Waals surface area contributed by atoms with Crippen molar-refractivity contribution in [1.29, 1.82) is 0 Å². The van der Waals surface area contributed by atoms with Crippen LogP contribution in [0.5, 0.6) is 11.5 Å². The molecule has 1 aliphatic heterocycles. The van der Waals surface area contributed by atoms with Gasteiger partial charge in [0.05, 0.1) is 19.9 Å². The van der Waals surface area contributed by atoms with Crippen LogP contribution in [0.3, 0.4) is 0 Å². The Hall–Kier alpha value is -1.79. The van der Waals surface area contributed by atoms with Crippen molar-refractivity contribution in [3.8, 4) is 11.5 Å². The monoisotopic (exact) mass is 345 g/mol. The minimum Gasteiger partial charge on any atom is -0.496 e. The van der Waals surface area contributed by atoms with Crippen molar-refractivity contribution in [1.82, 2.24) is 14.9 Å². The number of hydrogen-bond donors (Lipinski definition) is 0. The molecule has 2 aromatic rings. The van der Waals surface area contributed by atoms with Crippen molar-refractivity contribution in [2.45, 2.75) is 31.6 Å². The highest BCUT2D eigenvalue weighted by Gasteiger charge is 2.20. The average molecular weight is 345 g/mol. The van der Waals surface area contributed by atoms with Crippen LogP contribution in [0, 0.1) is 6.92 Å². The summed E-state index contributed by atoms with van der Waals surface area (Å²) in [7, 11) is 3.40. The summed E-state index contributed by atoms with van der Waals surface area (Å²) >= 11 is 1.59. The molecule has 0 spiro atoms. The smallest absolute Gasteiger partial charge is 0.187 e. The number of thioether (sulfide) groups is 1. The second kappa shape index (κ2) is 7.40. The van der Waals surface area contributed by atoms with E-state index in [-0.39, 0.29) is 0 Å². The molecule has 0 amide bonds. The van der Waals surface area contributed by atoms with Gasteiger partial charge in [-0.1, -0.05) is 17.8 Å². The number of rotatable bonds is 5. The van der Waals surface area contributed by atoms with Crippen LogP contribution in [-0.2, 0) is 19.5 Å². The summed E-state index contributed by atoms with van der Waals surface area (Å²) in [6.07, 6.45) is 4.94. The van der Waals surface area contributed by atoms with Crippen LogP contribution in [0.15, 0.2) is 23.5 Å². The third kappa shape index (κ3) is 3.35. The quantitative estimate of drug-likeness (QED) is 0.613. The van der Waals surface area contributed by atoms with E-state index in [1.165, 1.54) is 16.8 Å². The standard InChI is InChI=1S/C18H23N3O2S/c1-12-16(22-2)6-5-13(17(12)23-3)10-21-8-7-15-14(11-21)9-19-18(20-15)24-4/h5-6,9H,7-8,10-11H2,1-4H3. The van der Waals surface area contributed by atoms with Gasteiger partial charge < -0.3 is 9.47 Å². The molecule has 6 heteroatoms. The van der Waals surface area contributed by atoms with Crippen LogP contribution in [0.25, 0.3) is 0 Å². The molecule has 1 aromatic heterocycles. The summed E-state index contributed by atoms with van der Waals surface area (Å²) in [4.78, 5) is 11.4. The maximum Gasteiger partial charge on any atom is 0.187 e. The molecule has 1 aliphatic rings. The SMILES string of the molecule is COc1ccc(CN2CCc3nc(SC)ncc3C2)c(OC)c1C. The van der Waals surface area contributed by atoms with Gasteiger partial charge in [-0.05, 0) is 19.2 Å². The Kier molecular flexibility index (Phi) is 5.26. The van der Waals surface area contributed by atoms with Gasteiger partial charge in [-0.25, -0.2) is 9.97 Å². The first-order valence-electron chi connectivity index (χ1n) is 7.97. The lowest BCUT2D eigenvalue weighted by atomic mass is 10.0. The second-order valence-corrected chi connectivity index (χ2v) is 6.65. The van der Waals surface area contributed by atoms with Gasteiger partial charge in [0.25, 0.3) is 0 Å². The zero-order chi connectivity index (χ0) is 17.1. The van der Waals surface area contributed by atoms with E-state index in [1.807, 2.05) is 25.4 Å². The van der Waals surface area contributed by atoms with E-state index in [0.29, 0.717) is 0 Å². The molecular weight excluding hydrogens is 322 g/mol. The van der Waals surface area contributed by atoms with Gasteiger partial charge in [0, 0.05) is 48.9 Å². The van der Waals surface area contributed by atoms with Crippen LogP contribution >= 0.6 is 11.8 Å². The maximum atomic E-state index is 5.63. The number of fused-ring (bicyclic) bond motifs is 1. The summed E-state index contributed by atoms with van der Waals surface area (Å²) in [5.74, 6) is 1.77.